The molecule has 1 aromatic carbocycles. The van der Waals surface area contributed by atoms with Gasteiger partial charge in [-0.3, -0.25) is 0 Å². The lowest BCUT2D eigenvalue weighted by molar-refractivity contribution is 0.736. The van der Waals surface area contributed by atoms with Crippen LogP contribution in [0.2, 0.25) is 0 Å². The largest absolute Gasteiger partial charge is 0.210 e. The maximum absolute atomic E-state index is 2.26. The Morgan fingerprint density at radius 3 is 2.89 bits per heavy atom. The van der Waals surface area contributed by atoms with Gasteiger partial charge in [0.05, 0.1) is 0 Å². The molecule has 0 fully saturated rings. The zero-order chi connectivity index (χ0) is 6.69. The molecule has 0 bridgehead atoms. The minimum absolute atomic E-state index is 0.736. The lowest BCUT2D eigenvalue weighted by Crippen LogP contribution is -1.85. The Hall–Kier alpha value is -0.650. The Morgan fingerprint density at radius 1 is 1.67 bits per heavy atom. The predicted octanol–water partition coefficient (Wildman–Crippen LogP) is 2.92. The maximum atomic E-state index is 2.26. The summed E-state index contributed by atoms with van der Waals surface area (Å²) in [4.78, 5) is 0. The van der Waals surface area contributed by atoms with Gasteiger partial charge in [0.25, 0.3) is 0 Å². The van der Waals surface area contributed by atoms with Crippen molar-refractivity contribution in [2.24, 2.45) is 0 Å². The van der Waals surface area contributed by atoms with Crippen molar-refractivity contribution in [3.05, 3.63) is 29.8 Å². The summed E-state index contributed by atoms with van der Waals surface area (Å²) in [6.45, 7) is 4.48. The smallest absolute Gasteiger partial charge is 0.0610 e. The third kappa shape index (κ3) is 1.38. The molecule has 0 spiro atoms. The normalized spacial score (nSPS) is 13.6. The molecule has 0 aromatic heterocycles. The zero-order valence-corrected chi connectivity index (χ0v) is 6.09. The molecule has 1 unspecified atom stereocenters. The van der Waals surface area contributed by atoms with E-state index in [1.54, 1.807) is 0 Å². The van der Waals surface area contributed by atoms with Crippen LogP contribution in [0.25, 0.3) is 0 Å². The van der Waals surface area contributed by atoms with E-state index in [9.17, 15) is 0 Å². The van der Waals surface area contributed by atoms with E-state index >= 15 is 0 Å². The van der Waals surface area contributed by atoms with Gasteiger partial charge in [-0.15, -0.1) is 0 Å². The summed E-state index contributed by atoms with van der Waals surface area (Å²) in [5.41, 5.74) is 1.47. The maximum Gasteiger partial charge on any atom is -0.0610 e. The van der Waals surface area contributed by atoms with Gasteiger partial charge in [0.2, 0.25) is 0 Å². The Balaban J connectivity index is 2.65. The number of hydrogen-bond acceptors (Lipinski definition) is 0. The second-order valence-electron chi connectivity index (χ2n) is 2.53. The summed E-state index contributed by atoms with van der Waals surface area (Å²) in [7, 11) is 0. The first kappa shape index (κ1) is 6.47. The van der Waals surface area contributed by atoms with E-state index in [0.717, 1.165) is 5.92 Å². The van der Waals surface area contributed by atoms with Crippen LogP contribution in [0.1, 0.15) is 31.7 Å². The van der Waals surface area contributed by atoms with Crippen LogP contribution >= 0.6 is 0 Å². The molecule has 1 aromatic rings. The Morgan fingerprint density at radius 2 is 2.44 bits per heavy atom. The first-order valence-corrected chi connectivity index (χ1v) is 3.56. The summed E-state index contributed by atoms with van der Waals surface area (Å²) in [6, 6.07) is 8.57. The van der Waals surface area contributed by atoms with E-state index in [2.05, 4.69) is 38.1 Å². The molecule has 0 aliphatic carbocycles. The van der Waals surface area contributed by atoms with E-state index in [0.29, 0.717) is 0 Å². The van der Waals surface area contributed by atoms with Crippen molar-refractivity contribution in [3.63, 3.8) is 0 Å². The highest BCUT2D eigenvalue weighted by molar-refractivity contribution is 5.19. The van der Waals surface area contributed by atoms with Crippen molar-refractivity contribution in [2.45, 2.75) is 26.2 Å². The van der Waals surface area contributed by atoms with Crippen LogP contribution in [-0.4, -0.2) is 0 Å². The van der Waals surface area contributed by atoms with Crippen molar-refractivity contribution in [3.8, 4) is 0 Å². The van der Waals surface area contributed by atoms with Gasteiger partial charge in [-0.25, -0.2) is 6.07 Å². The number of hydrogen-bond donors (Lipinski definition) is 0. The van der Waals surface area contributed by atoms with Gasteiger partial charge in [0.1, 0.15) is 0 Å². The lowest BCUT2D eigenvalue weighted by Gasteiger charge is -2.11. The molecule has 0 aliphatic heterocycles. The van der Waals surface area contributed by atoms with E-state index in [1.807, 2.05) is 0 Å². The van der Waals surface area contributed by atoms with Crippen LogP contribution in [0.5, 0.6) is 0 Å². The fourth-order valence-electron chi connectivity index (χ4n) is 0.953. The predicted molar refractivity (Wildman–Crippen MR) is 40.7 cm³/mol. The summed E-state index contributed by atoms with van der Waals surface area (Å²) in [5, 5.41) is 0. The molecule has 0 nitrogen and oxygen atoms in total. The first-order chi connectivity index (χ1) is 4.34. The molecular formula is C9H13-. The van der Waals surface area contributed by atoms with Crippen LogP contribution in [0.4, 0.5) is 0 Å². The fraction of sp³-hybridized carbons (Fsp3) is 0.444. The van der Waals surface area contributed by atoms with E-state index in [-0.39, 0.29) is 0 Å². The molecule has 0 aliphatic rings. The van der Waals surface area contributed by atoms with Crippen molar-refractivity contribution in [1.82, 2.24) is 0 Å². The van der Waals surface area contributed by atoms with Crippen molar-refractivity contribution in [1.29, 1.82) is 0 Å². The number of rotatable bonds is 2. The minimum Gasteiger partial charge on any atom is -0.210 e. The molecule has 0 N–H and O–H groups in total. The van der Waals surface area contributed by atoms with Gasteiger partial charge in [0.15, 0.2) is 0 Å². The van der Waals surface area contributed by atoms with Crippen LogP contribution in [0.3, 0.4) is 0 Å². The van der Waals surface area contributed by atoms with Gasteiger partial charge in [-0.1, -0.05) is 26.2 Å². The molecule has 1 atom stereocenters. The second-order valence-corrected chi connectivity index (χ2v) is 2.53. The Kier molecular flexibility index (Phi) is 1.99. The quantitative estimate of drug-likeness (QED) is 0.528. The topological polar surface area (TPSA) is 0 Å². The van der Waals surface area contributed by atoms with E-state index in [1.165, 1.54) is 12.0 Å². The lowest BCUT2D eigenvalue weighted by atomic mass is 10.0. The summed E-state index contributed by atoms with van der Waals surface area (Å²) < 4.78 is 0. The highest BCUT2D eigenvalue weighted by atomic mass is 14.0. The van der Waals surface area contributed by atoms with Gasteiger partial charge >= 0.3 is 0 Å². The molecule has 1 rings (SSSR count). The summed E-state index contributed by atoms with van der Waals surface area (Å²) in [6.07, 6.45) is 1.24. The fourth-order valence-corrected chi connectivity index (χ4v) is 0.953. The standard InChI is InChI=1S/C9H13/c1-3-8(2)9-6-4-5-7-9/h4-8H,3H2,1-2H3/q-1. The van der Waals surface area contributed by atoms with Crippen molar-refractivity contribution >= 4 is 0 Å². The monoisotopic (exact) mass is 121 g/mol. The second kappa shape index (κ2) is 2.77. The molecule has 0 radical (unpaired) electrons. The van der Waals surface area contributed by atoms with Gasteiger partial charge < -0.3 is 0 Å². The summed E-state index contributed by atoms with van der Waals surface area (Å²) in [5.74, 6) is 0.736. The van der Waals surface area contributed by atoms with Gasteiger partial charge in [0, 0.05) is 0 Å². The van der Waals surface area contributed by atoms with E-state index in [4.69, 9.17) is 0 Å². The molecule has 0 heterocycles. The molecule has 0 saturated heterocycles. The highest BCUT2D eigenvalue weighted by Gasteiger charge is 1.91. The molecule has 0 amide bonds. The third-order valence-electron chi connectivity index (χ3n) is 1.87. The zero-order valence-electron chi connectivity index (χ0n) is 6.09. The van der Waals surface area contributed by atoms with Crippen LogP contribution in [0, 0.1) is 0 Å². The average Bonchev–Trinajstić information content (AvgIpc) is 2.37. The molecular weight excluding hydrogens is 108 g/mol. The van der Waals surface area contributed by atoms with Crippen molar-refractivity contribution < 1.29 is 0 Å². The summed E-state index contributed by atoms with van der Waals surface area (Å²) >= 11 is 0. The molecule has 9 heavy (non-hydrogen) atoms. The Labute approximate surface area is 56.9 Å². The third-order valence-corrected chi connectivity index (χ3v) is 1.87. The highest BCUT2D eigenvalue weighted by Crippen LogP contribution is 2.17. The molecule has 0 saturated carbocycles. The van der Waals surface area contributed by atoms with Crippen molar-refractivity contribution in [2.75, 3.05) is 0 Å². The van der Waals surface area contributed by atoms with Crippen LogP contribution in [0.15, 0.2) is 24.3 Å². The minimum atomic E-state index is 0.736. The molecule has 0 heteroatoms. The van der Waals surface area contributed by atoms with E-state index < -0.39 is 0 Å². The van der Waals surface area contributed by atoms with Gasteiger partial charge in [-0.05, 0) is 0 Å². The SMILES string of the molecule is CCC(C)c1cc[cH-]c1. The van der Waals surface area contributed by atoms with Crippen LogP contribution < -0.4 is 0 Å². The first-order valence-electron chi connectivity index (χ1n) is 3.56. The van der Waals surface area contributed by atoms with Gasteiger partial charge in [-0.2, -0.15) is 23.8 Å². The Bertz CT molecular complexity index is 149. The van der Waals surface area contributed by atoms with Crippen LogP contribution in [-0.2, 0) is 0 Å². The molecule has 50 valence electrons. The average molecular weight is 121 g/mol.